The van der Waals surface area contributed by atoms with Crippen molar-refractivity contribution in [3.63, 3.8) is 0 Å². The Hall–Kier alpha value is -0.898. The Balaban J connectivity index is 2.21. The molecule has 0 fully saturated rings. The van der Waals surface area contributed by atoms with Crippen LogP contribution in [-0.4, -0.2) is 24.5 Å². The van der Waals surface area contributed by atoms with Crippen molar-refractivity contribution in [1.82, 2.24) is 9.29 Å². The van der Waals surface area contributed by atoms with E-state index in [0.29, 0.717) is 6.98 Å². The van der Waals surface area contributed by atoms with Crippen molar-refractivity contribution in [2.45, 2.75) is 77.4 Å². The maximum Gasteiger partial charge on any atom is 0.398 e. The highest BCUT2D eigenvalue weighted by atomic mass is 28.3. The smallest absolute Gasteiger partial charge is 0.398 e. The molecule has 0 aromatic carbocycles. The highest BCUT2D eigenvalue weighted by molar-refractivity contribution is 6.87. The second-order valence-electron chi connectivity index (χ2n) is 6.83. The fourth-order valence-corrected chi connectivity index (χ4v) is 9.55. The van der Waals surface area contributed by atoms with E-state index in [0.717, 1.165) is 0 Å². The molecular weight excluding hydrogens is 283 g/mol. The van der Waals surface area contributed by atoms with E-state index in [-0.39, 0.29) is 0 Å². The maximum atomic E-state index is 2.81. The molecule has 0 atom stereocenters. The minimum atomic E-state index is -1.41. The molecule has 0 aromatic heterocycles. The van der Waals surface area contributed by atoms with Crippen LogP contribution in [0.5, 0.6) is 0 Å². The fourth-order valence-electron chi connectivity index (χ4n) is 3.83. The molecule has 0 saturated carbocycles. The molecule has 2 aliphatic rings. The number of allylic oxidation sites excluding steroid dienone is 2. The van der Waals surface area contributed by atoms with Crippen molar-refractivity contribution in [2.75, 3.05) is 0 Å². The molecule has 0 bridgehead atoms. The maximum absolute atomic E-state index is 2.81. The predicted octanol–water partition coefficient (Wildman–Crippen LogP) is 5.53. The van der Waals surface area contributed by atoms with Gasteiger partial charge < -0.3 is 9.29 Å². The molecule has 2 rings (SSSR count). The van der Waals surface area contributed by atoms with Crippen molar-refractivity contribution in [2.24, 2.45) is 0 Å². The van der Waals surface area contributed by atoms with E-state index < -0.39 is 8.24 Å². The minimum absolute atomic E-state index is 0.460. The van der Waals surface area contributed by atoms with Crippen molar-refractivity contribution < 1.29 is 0 Å². The first-order valence-electron chi connectivity index (χ1n) is 9.36. The molecule has 0 radical (unpaired) electrons. The van der Waals surface area contributed by atoms with E-state index in [1.54, 1.807) is 0 Å². The Morgan fingerprint density at radius 2 is 1.36 bits per heavy atom. The van der Waals surface area contributed by atoms with Crippen LogP contribution in [0.3, 0.4) is 0 Å². The lowest BCUT2D eigenvalue weighted by Gasteiger charge is -2.44. The number of rotatable bonds is 10. The quantitative estimate of drug-likeness (QED) is 0.489. The van der Waals surface area contributed by atoms with E-state index in [1.165, 1.54) is 56.7 Å². The Bertz CT molecular complexity index is 398. The summed E-state index contributed by atoms with van der Waals surface area (Å²) in [6.07, 6.45) is 19.5. The van der Waals surface area contributed by atoms with Crippen LogP contribution in [0.2, 0.25) is 18.1 Å². The second kappa shape index (κ2) is 8.66. The van der Waals surface area contributed by atoms with Crippen molar-refractivity contribution in [3.05, 3.63) is 36.7 Å². The van der Waals surface area contributed by atoms with E-state index in [2.05, 4.69) is 66.8 Å². The monoisotopic (exact) mass is 316 g/mol. The predicted molar refractivity (Wildman–Crippen MR) is 102 cm³/mol. The van der Waals surface area contributed by atoms with Gasteiger partial charge in [-0.1, -0.05) is 71.3 Å². The van der Waals surface area contributed by atoms with E-state index >= 15 is 0 Å². The molecule has 0 amide bonds. The molecule has 2 nitrogen and oxygen atoms in total. The summed E-state index contributed by atoms with van der Waals surface area (Å²) in [6.45, 7) is 7.48. The van der Waals surface area contributed by atoms with Gasteiger partial charge >= 0.3 is 6.98 Å². The van der Waals surface area contributed by atoms with Gasteiger partial charge in [0, 0.05) is 6.20 Å². The molecule has 122 valence electrons. The van der Waals surface area contributed by atoms with Crippen LogP contribution in [0.1, 0.15) is 59.3 Å². The van der Waals surface area contributed by atoms with Crippen LogP contribution >= 0.6 is 0 Å². The third kappa shape index (κ3) is 3.89. The Morgan fingerprint density at radius 3 is 1.91 bits per heavy atom. The van der Waals surface area contributed by atoms with Gasteiger partial charge in [-0.05, 0) is 36.6 Å². The van der Waals surface area contributed by atoms with Gasteiger partial charge in [0.05, 0.1) is 0 Å². The lowest BCUT2D eigenvalue weighted by Crippen LogP contribution is -2.58. The third-order valence-corrected chi connectivity index (χ3v) is 10.5. The minimum Gasteiger partial charge on any atom is -0.424 e. The van der Waals surface area contributed by atoms with Crippen molar-refractivity contribution in [1.29, 1.82) is 0 Å². The SMILES string of the molecule is CCCC[Si](CCCC)(CCCC)N1C=CN2C=CC=CB21. The highest BCUT2D eigenvalue weighted by Crippen LogP contribution is 2.36. The molecule has 2 heterocycles. The zero-order valence-electron chi connectivity index (χ0n) is 14.8. The summed E-state index contributed by atoms with van der Waals surface area (Å²) in [4.78, 5) is 2.38. The summed E-state index contributed by atoms with van der Waals surface area (Å²) >= 11 is 0. The molecule has 0 saturated heterocycles. The van der Waals surface area contributed by atoms with E-state index in [4.69, 9.17) is 0 Å². The summed E-state index contributed by atoms with van der Waals surface area (Å²) in [5.74, 6) is 2.38. The van der Waals surface area contributed by atoms with Gasteiger partial charge in [0.25, 0.3) is 0 Å². The zero-order chi connectivity index (χ0) is 15.8. The Morgan fingerprint density at radius 1 is 0.773 bits per heavy atom. The number of unbranched alkanes of at least 4 members (excludes halogenated alkanes) is 3. The fraction of sp³-hybridized carbons (Fsp3) is 0.667. The molecule has 0 spiro atoms. The second-order valence-corrected chi connectivity index (χ2v) is 11.3. The summed E-state index contributed by atoms with van der Waals surface area (Å²) < 4.78 is 2.81. The van der Waals surface area contributed by atoms with Crippen LogP contribution in [0.15, 0.2) is 36.7 Å². The Labute approximate surface area is 139 Å². The lowest BCUT2D eigenvalue weighted by molar-refractivity contribution is 0.692. The average molecular weight is 316 g/mol. The molecule has 2 aliphatic heterocycles. The van der Waals surface area contributed by atoms with Crippen molar-refractivity contribution >= 4 is 15.2 Å². The van der Waals surface area contributed by atoms with Crippen molar-refractivity contribution in [3.8, 4) is 0 Å². The number of hydrogen-bond acceptors (Lipinski definition) is 2. The topological polar surface area (TPSA) is 6.48 Å². The van der Waals surface area contributed by atoms with Gasteiger partial charge in [-0.25, -0.2) is 0 Å². The van der Waals surface area contributed by atoms with E-state index in [1.807, 2.05) is 0 Å². The first-order valence-corrected chi connectivity index (χ1v) is 11.9. The summed E-state index contributed by atoms with van der Waals surface area (Å²) in [7, 11) is -1.41. The van der Waals surface area contributed by atoms with Gasteiger partial charge in [0.1, 0.15) is 8.24 Å². The largest absolute Gasteiger partial charge is 0.424 e. The molecule has 0 aromatic rings. The summed E-state index contributed by atoms with van der Waals surface area (Å²) in [5.41, 5.74) is 0. The first-order chi connectivity index (χ1) is 10.8. The number of nitrogens with zero attached hydrogens (tertiary/aromatic N) is 2. The zero-order valence-corrected chi connectivity index (χ0v) is 15.8. The Kier molecular flexibility index (Phi) is 6.87. The molecule has 0 aliphatic carbocycles. The highest BCUT2D eigenvalue weighted by Gasteiger charge is 2.44. The normalized spacial score (nSPS) is 16.8. The summed E-state index contributed by atoms with van der Waals surface area (Å²) in [6, 6.07) is 4.40. The van der Waals surface area contributed by atoms with E-state index in [9.17, 15) is 0 Å². The number of fused-ring (bicyclic) bond motifs is 1. The molecule has 4 heteroatoms. The first kappa shape index (κ1) is 17.5. The van der Waals surface area contributed by atoms with Gasteiger partial charge in [-0.15, -0.1) is 0 Å². The van der Waals surface area contributed by atoms with Gasteiger partial charge in [-0.3, -0.25) is 0 Å². The average Bonchev–Trinajstić information content (AvgIpc) is 2.99. The van der Waals surface area contributed by atoms with Gasteiger partial charge in [0.15, 0.2) is 0 Å². The van der Waals surface area contributed by atoms with Crippen LogP contribution in [0, 0.1) is 0 Å². The standard InChI is InChI=1S/C18H33BN2Si/c1-4-7-16-22(17-8-5-2,18-9-6-3)21-15-14-20-13-11-10-12-19(20)21/h10-15H,4-9,16-18H2,1-3H3. The van der Waals surface area contributed by atoms with Crippen LogP contribution in [-0.2, 0) is 0 Å². The van der Waals surface area contributed by atoms with Gasteiger partial charge in [-0.2, -0.15) is 0 Å². The van der Waals surface area contributed by atoms with Crippen LogP contribution in [0.25, 0.3) is 0 Å². The molecular formula is C18H33BN2Si. The molecule has 0 N–H and O–H groups in total. The van der Waals surface area contributed by atoms with Crippen LogP contribution < -0.4 is 0 Å². The third-order valence-electron chi connectivity index (χ3n) is 5.18. The molecule has 0 unspecified atom stereocenters. The number of hydrogen-bond donors (Lipinski definition) is 0. The van der Waals surface area contributed by atoms with Gasteiger partial charge in [0.2, 0.25) is 0 Å². The lowest BCUT2D eigenvalue weighted by atomic mass is 9.74. The summed E-state index contributed by atoms with van der Waals surface area (Å²) in [5, 5.41) is 0. The van der Waals surface area contributed by atoms with Crippen LogP contribution in [0.4, 0.5) is 0 Å². The molecule has 22 heavy (non-hydrogen) atoms.